The Balaban J connectivity index is 1.53. The lowest BCUT2D eigenvalue weighted by Crippen LogP contribution is -2.19. The average molecular weight is 290 g/mol. The Hall–Kier alpha value is -2.95. The third-order valence-corrected chi connectivity index (χ3v) is 3.85. The third-order valence-electron chi connectivity index (χ3n) is 3.85. The van der Waals surface area contributed by atoms with Gasteiger partial charge in [-0.15, -0.1) is 0 Å². The number of hydrogen-bond donors (Lipinski definition) is 1. The number of fused-ring (bicyclic) bond motifs is 3. The smallest absolute Gasteiger partial charge is 0.246 e. The van der Waals surface area contributed by atoms with Crippen molar-refractivity contribution in [2.75, 3.05) is 5.32 Å². The number of benzene rings is 2. The fraction of sp³-hybridized carbons (Fsp3) is 0.118. The number of nitrogens with one attached hydrogen (secondary N) is 1. The van der Waals surface area contributed by atoms with Crippen molar-refractivity contribution in [3.63, 3.8) is 0 Å². The number of nitrogens with zero attached hydrogens (tertiary/aromatic N) is 3. The van der Waals surface area contributed by atoms with Crippen LogP contribution in [0, 0.1) is 0 Å². The van der Waals surface area contributed by atoms with Crippen molar-refractivity contribution in [2.24, 2.45) is 0 Å². The normalized spacial score (nSPS) is 11.8. The van der Waals surface area contributed by atoms with Gasteiger partial charge in [-0.05, 0) is 40.8 Å². The largest absolute Gasteiger partial charge is 0.324 e. The van der Waals surface area contributed by atoms with Crippen LogP contribution in [0.5, 0.6) is 0 Å². The molecule has 0 saturated heterocycles. The van der Waals surface area contributed by atoms with Gasteiger partial charge in [0.1, 0.15) is 19.2 Å². The minimum absolute atomic E-state index is 0.110. The predicted octanol–water partition coefficient (Wildman–Crippen LogP) is 2.49. The minimum Gasteiger partial charge on any atom is -0.324 e. The molecule has 0 bridgehead atoms. The molecule has 0 spiro atoms. The molecule has 22 heavy (non-hydrogen) atoms. The summed E-state index contributed by atoms with van der Waals surface area (Å²) < 4.78 is 1.50. The molecule has 1 amide bonds. The third kappa shape index (κ3) is 2.26. The zero-order chi connectivity index (χ0) is 14.9. The molecule has 5 heteroatoms. The molecule has 0 atom stereocenters. The maximum Gasteiger partial charge on any atom is 0.246 e. The van der Waals surface area contributed by atoms with Crippen LogP contribution in [-0.4, -0.2) is 20.7 Å². The molecule has 1 aliphatic carbocycles. The summed E-state index contributed by atoms with van der Waals surface area (Å²) in [5.41, 5.74) is 5.95. The van der Waals surface area contributed by atoms with E-state index in [-0.39, 0.29) is 12.5 Å². The number of hydrogen-bond acceptors (Lipinski definition) is 3. The van der Waals surface area contributed by atoms with Gasteiger partial charge in [0.05, 0.1) is 0 Å². The highest BCUT2D eigenvalue weighted by Gasteiger charge is 2.18. The lowest BCUT2D eigenvalue weighted by molar-refractivity contribution is -0.116. The van der Waals surface area contributed by atoms with Gasteiger partial charge in [0.25, 0.3) is 0 Å². The van der Waals surface area contributed by atoms with Crippen LogP contribution in [0.3, 0.4) is 0 Å². The maximum absolute atomic E-state index is 12.0. The molecule has 1 aromatic heterocycles. The highest BCUT2D eigenvalue weighted by Crippen LogP contribution is 2.37. The summed E-state index contributed by atoms with van der Waals surface area (Å²) >= 11 is 0. The van der Waals surface area contributed by atoms with E-state index >= 15 is 0 Å². The molecule has 5 nitrogen and oxygen atoms in total. The van der Waals surface area contributed by atoms with E-state index in [1.807, 2.05) is 6.07 Å². The summed E-state index contributed by atoms with van der Waals surface area (Å²) in [4.78, 5) is 15.8. The molecule has 1 heterocycles. The van der Waals surface area contributed by atoms with Crippen LogP contribution in [-0.2, 0) is 17.8 Å². The van der Waals surface area contributed by atoms with Gasteiger partial charge in [-0.25, -0.2) is 9.67 Å². The van der Waals surface area contributed by atoms with Crippen LogP contribution in [0.25, 0.3) is 11.1 Å². The second-order valence-electron chi connectivity index (χ2n) is 5.35. The number of carbonyl (C=O) groups is 1. The van der Waals surface area contributed by atoms with Crippen molar-refractivity contribution >= 4 is 11.6 Å². The lowest BCUT2D eigenvalue weighted by Gasteiger charge is -2.07. The Morgan fingerprint density at radius 3 is 2.86 bits per heavy atom. The molecule has 0 radical (unpaired) electrons. The van der Waals surface area contributed by atoms with Crippen molar-refractivity contribution < 1.29 is 4.79 Å². The molecule has 0 fully saturated rings. The van der Waals surface area contributed by atoms with E-state index in [2.05, 4.69) is 51.8 Å². The van der Waals surface area contributed by atoms with E-state index in [0.29, 0.717) is 0 Å². The van der Waals surface area contributed by atoms with Gasteiger partial charge in [0, 0.05) is 5.69 Å². The van der Waals surface area contributed by atoms with Gasteiger partial charge < -0.3 is 5.32 Å². The van der Waals surface area contributed by atoms with Crippen LogP contribution in [0.15, 0.2) is 55.1 Å². The number of rotatable bonds is 3. The predicted molar refractivity (Wildman–Crippen MR) is 83.3 cm³/mol. The topological polar surface area (TPSA) is 59.8 Å². The van der Waals surface area contributed by atoms with Crippen molar-refractivity contribution in [1.29, 1.82) is 0 Å². The fourth-order valence-electron chi connectivity index (χ4n) is 2.88. The molecule has 0 aliphatic heterocycles. The van der Waals surface area contributed by atoms with Gasteiger partial charge in [-0.2, -0.15) is 5.10 Å². The van der Waals surface area contributed by atoms with E-state index in [9.17, 15) is 4.79 Å². The second-order valence-corrected chi connectivity index (χ2v) is 5.35. The fourth-order valence-corrected chi connectivity index (χ4v) is 2.88. The number of carbonyl (C=O) groups excluding carboxylic acids is 1. The standard InChI is InChI=1S/C17H14N4O/c22-17(9-21-11-18-10-19-21)20-14-5-6-16-13(8-14)7-12-3-1-2-4-15(12)16/h1-6,8,10-11H,7,9H2,(H,20,22). The van der Waals surface area contributed by atoms with Gasteiger partial charge >= 0.3 is 0 Å². The van der Waals surface area contributed by atoms with Crippen LogP contribution >= 0.6 is 0 Å². The average Bonchev–Trinajstić information content (AvgIpc) is 3.13. The van der Waals surface area contributed by atoms with Crippen molar-refractivity contribution in [2.45, 2.75) is 13.0 Å². The van der Waals surface area contributed by atoms with E-state index in [1.54, 1.807) is 0 Å². The Bertz CT molecular complexity index is 840. The molecular formula is C17H14N4O. The van der Waals surface area contributed by atoms with Crippen LogP contribution in [0.2, 0.25) is 0 Å². The maximum atomic E-state index is 12.0. The van der Waals surface area contributed by atoms with Crippen molar-refractivity contribution in [3.8, 4) is 11.1 Å². The van der Waals surface area contributed by atoms with E-state index in [4.69, 9.17) is 0 Å². The van der Waals surface area contributed by atoms with Crippen molar-refractivity contribution in [1.82, 2.24) is 14.8 Å². The van der Waals surface area contributed by atoms with Gasteiger partial charge in [0.15, 0.2) is 0 Å². The quantitative estimate of drug-likeness (QED) is 0.630. The van der Waals surface area contributed by atoms with Crippen molar-refractivity contribution in [3.05, 3.63) is 66.2 Å². The molecule has 1 N–H and O–H groups in total. The number of aromatic nitrogens is 3. The Morgan fingerprint density at radius 1 is 1.14 bits per heavy atom. The Kier molecular flexibility index (Phi) is 2.96. The van der Waals surface area contributed by atoms with Crippen LogP contribution in [0.1, 0.15) is 11.1 Å². The SMILES string of the molecule is O=C(Cn1cncn1)Nc1ccc2c(c1)Cc1ccccc1-2. The van der Waals surface area contributed by atoms with Crippen LogP contribution < -0.4 is 5.32 Å². The zero-order valence-corrected chi connectivity index (χ0v) is 11.9. The molecule has 2 aromatic carbocycles. The molecule has 1 aliphatic rings. The first-order chi connectivity index (χ1) is 10.8. The number of anilines is 1. The summed E-state index contributed by atoms with van der Waals surface area (Å²) in [5, 5.41) is 6.84. The zero-order valence-electron chi connectivity index (χ0n) is 11.9. The van der Waals surface area contributed by atoms with Gasteiger partial charge in [0.2, 0.25) is 5.91 Å². The highest BCUT2D eigenvalue weighted by atomic mass is 16.2. The second kappa shape index (κ2) is 5.11. The summed E-state index contributed by atoms with van der Waals surface area (Å²) in [6.45, 7) is 0.164. The first kappa shape index (κ1) is 12.8. The summed E-state index contributed by atoms with van der Waals surface area (Å²) in [6, 6.07) is 14.5. The first-order valence-electron chi connectivity index (χ1n) is 7.13. The highest BCUT2D eigenvalue weighted by molar-refractivity contribution is 5.91. The Labute approximate surface area is 127 Å². The summed E-state index contributed by atoms with van der Waals surface area (Å²) in [7, 11) is 0. The summed E-state index contributed by atoms with van der Waals surface area (Å²) in [5.74, 6) is -0.110. The van der Waals surface area contributed by atoms with Gasteiger partial charge in [-0.1, -0.05) is 30.3 Å². The molecule has 3 aromatic rings. The molecule has 0 saturated carbocycles. The number of amides is 1. The Morgan fingerprint density at radius 2 is 2.00 bits per heavy atom. The van der Waals surface area contributed by atoms with E-state index in [0.717, 1.165) is 12.1 Å². The van der Waals surface area contributed by atoms with E-state index < -0.39 is 0 Å². The molecular weight excluding hydrogens is 276 g/mol. The molecule has 108 valence electrons. The van der Waals surface area contributed by atoms with Gasteiger partial charge in [-0.3, -0.25) is 4.79 Å². The lowest BCUT2D eigenvalue weighted by atomic mass is 10.1. The minimum atomic E-state index is -0.110. The summed E-state index contributed by atoms with van der Waals surface area (Å²) in [6.07, 6.45) is 3.86. The van der Waals surface area contributed by atoms with E-state index in [1.165, 1.54) is 39.6 Å². The first-order valence-corrected chi connectivity index (χ1v) is 7.13. The molecule has 4 rings (SSSR count). The van der Waals surface area contributed by atoms with Crippen LogP contribution in [0.4, 0.5) is 5.69 Å². The monoisotopic (exact) mass is 290 g/mol. The molecule has 0 unspecified atom stereocenters.